The molecule has 1 aromatic heterocycles. The van der Waals surface area contributed by atoms with Gasteiger partial charge < -0.3 is 5.32 Å². The lowest BCUT2D eigenvalue weighted by Gasteiger charge is -2.37. The second kappa shape index (κ2) is 7.04. The van der Waals surface area contributed by atoms with E-state index in [0.717, 1.165) is 4.90 Å². The van der Waals surface area contributed by atoms with Crippen molar-refractivity contribution in [2.75, 3.05) is 16.8 Å². The van der Waals surface area contributed by atoms with Gasteiger partial charge in [-0.25, -0.2) is 14.3 Å². The van der Waals surface area contributed by atoms with Gasteiger partial charge in [0.05, 0.1) is 22.5 Å². The minimum absolute atomic E-state index is 0.00350. The Morgan fingerprint density at radius 1 is 1.06 bits per heavy atom. The van der Waals surface area contributed by atoms with Crippen LogP contribution in [0.3, 0.4) is 0 Å². The first-order chi connectivity index (χ1) is 16.0. The number of fused-ring (bicyclic) bond motifs is 7. The van der Waals surface area contributed by atoms with E-state index in [1.165, 1.54) is 25.1 Å². The third kappa shape index (κ3) is 2.74. The molecule has 2 aromatic rings. The summed E-state index contributed by atoms with van der Waals surface area (Å²) in [5, 5.41) is 3.37. The molecule has 34 heavy (non-hydrogen) atoms. The molecule has 1 spiro atoms. The summed E-state index contributed by atoms with van der Waals surface area (Å²) in [6.07, 6.45) is -0.0244. The first-order valence-corrected chi connectivity index (χ1v) is 11.9. The number of alkyl halides is 1. The Kier molecular flexibility index (Phi) is 4.66. The predicted octanol–water partition coefficient (Wildman–Crippen LogP) is 4.46. The zero-order valence-corrected chi connectivity index (χ0v) is 20.4. The highest BCUT2D eigenvalue weighted by Gasteiger charge is 2.76. The fourth-order valence-corrected chi connectivity index (χ4v) is 7.21. The van der Waals surface area contributed by atoms with Gasteiger partial charge in [-0.3, -0.25) is 19.3 Å². The Labute approximate surface area is 213 Å². The van der Waals surface area contributed by atoms with Crippen molar-refractivity contribution in [3.8, 4) is 0 Å². The number of amides is 3. The molecule has 6 rings (SSSR count). The predicted molar refractivity (Wildman–Crippen MR) is 125 cm³/mol. The molecule has 5 heterocycles. The van der Waals surface area contributed by atoms with Crippen LogP contribution < -0.4 is 10.2 Å². The van der Waals surface area contributed by atoms with Gasteiger partial charge >= 0.3 is 0 Å². The van der Waals surface area contributed by atoms with Crippen molar-refractivity contribution in [1.29, 1.82) is 0 Å². The van der Waals surface area contributed by atoms with Crippen molar-refractivity contribution in [3.63, 3.8) is 0 Å². The molecular weight excluding hydrogens is 529 g/mol. The zero-order chi connectivity index (χ0) is 24.3. The van der Waals surface area contributed by atoms with Crippen molar-refractivity contribution < 1.29 is 18.8 Å². The molecule has 1 N–H and O–H groups in total. The molecule has 12 heteroatoms. The number of carbonyl (C=O) groups is 3. The molecule has 4 aliphatic rings. The summed E-state index contributed by atoms with van der Waals surface area (Å²) in [6, 6.07) is 5.03. The summed E-state index contributed by atoms with van der Waals surface area (Å²) < 4.78 is 15.4. The van der Waals surface area contributed by atoms with Gasteiger partial charge in [0.15, 0.2) is 0 Å². The van der Waals surface area contributed by atoms with Crippen LogP contribution in [0.5, 0.6) is 0 Å². The number of aromatic nitrogens is 1. The van der Waals surface area contributed by atoms with Gasteiger partial charge in [-0.05, 0) is 31.5 Å². The summed E-state index contributed by atoms with van der Waals surface area (Å²) in [7, 11) is 0. The number of benzene rings is 1. The monoisotopic (exact) mass is 542 g/mol. The number of pyridine rings is 1. The van der Waals surface area contributed by atoms with Crippen molar-refractivity contribution in [1.82, 2.24) is 9.88 Å². The van der Waals surface area contributed by atoms with E-state index in [9.17, 15) is 14.4 Å². The highest BCUT2D eigenvalue weighted by atomic mass is 35.5. The molecule has 4 unspecified atom stereocenters. The maximum Gasteiger partial charge on any atom is 0.250 e. The quantitative estimate of drug-likeness (QED) is 0.424. The molecule has 0 bridgehead atoms. The standard InChI is InChI=1S/C22H15Cl4FN4O3/c1-21(27)6-12-15-16(19(33)31(18(15)32)14-5-9(24)4-13(26)28-14)22(30(12)7-21)10-2-8(23)3-11(25)17(10)29-20(22)34/h2-5,12,15-16H,6-7H2,1H3,(H,29,34)/t12?,15?,16?,21-,22?/m1/s1. The van der Waals surface area contributed by atoms with Gasteiger partial charge in [0.25, 0.3) is 5.91 Å². The Balaban J connectivity index is 1.59. The van der Waals surface area contributed by atoms with E-state index in [4.69, 9.17) is 46.4 Å². The SMILES string of the molecule is C[C@@]1(F)CC2C3C(=O)N(c4cc(Cl)cc(Cl)n4)C(=O)C3C3(C(=O)Nc4c(Cl)cc(Cl)cc43)N2C1. The average Bonchev–Trinajstić information content (AvgIpc) is 3.35. The summed E-state index contributed by atoms with van der Waals surface area (Å²) >= 11 is 24.8. The Morgan fingerprint density at radius 3 is 2.47 bits per heavy atom. The van der Waals surface area contributed by atoms with Crippen molar-refractivity contribution in [2.24, 2.45) is 11.8 Å². The molecule has 7 nitrogen and oxygen atoms in total. The minimum Gasteiger partial charge on any atom is -0.323 e. The smallest absolute Gasteiger partial charge is 0.250 e. The molecule has 1 aromatic carbocycles. The van der Waals surface area contributed by atoms with Crippen molar-refractivity contribution in [3.05, 3.63) is 50.0 Å². The van der Waals surface area contributed by atoms with Gasteiger partial charge in [0.2, 0.25) is 11.8 Å². The van der Waals surface area contributed by atoms with Gasteiger partial charge in [0, 0.05) is 34.3 Å². The lowest BCUT2D eigenvalue weighted by molar-refractivity contribution is -0.135. The molecule has 3 fully saturated rings. The Hall–Kier alpha value is -1.97. The van der Waals surface area contributed by atoms with E-state index >= 15 is 4.39 Å². The number of hydrogen-bond acceptors (Lipinski definition) is 5. The maximum atomic E-state index is 15.4. The van der Waals surface area contributed by atoms with Gasteiger partial charge in [-0.2, -0.15) is 0 Å². The summed E-state index contributed by atoms with van der Waals surface area (Å²) in [5.74, 6) is -3.96. The van der Waals surface area contributed by atoms with E-state index in [-0.39, 0.29) is 39.0 Å². The summed E-state index contributed by atoms with van der Waals surface area (Å²) in [5.41, 5.74) is -2.69. The molecule has 5 atom stereocenters. The van der Waals surface area contributed by atoms with Crippen molar-refractivity contribution >= 4 is 75.6 Å². The van der Waals surface area contributed by atoms with Crippen LogP contribution in [0.15, 0.2) is 24.3 Å². The normalized spacial score (nSPS) is 34.1. The molecule has 3 amide bonds. The first kappa shape index (κ1) is 22.5. The highest BCUT2D eigenvalue weighted by Crippen LogP contribution is 2.63. The van der Waals surface area contributed by atoms with Crippen LogP contribution in [0.1, 0.15) is 18.9 Å². The third-order valence-electron chi connectivity index (χ3n) is 7.23. The fourth-order valence-electron chi connectivity index (χ4n) is 6.21. The number of anilines is 2. The number of nitrogens with zero attached hydrogens (tertiary/aromatic N) is 3. The van der Waals surface area contributed by atoms with Crippen LogP contribution >= 0.6 is 46.4 Å². The van der Waals surface area contributed by atoms with Crippen molar-refractivity contribution in [2.45, 2.75) is 30.6 Å². The maximum absolute atomic E-state index is 15.4. The molecule has 0 radical (unpaired) electrons. The molecule has 3 saturated heterocycles. The zero-order valence-electron chi connectivity index (χ0n) is 17.4. The molecule has 0 saturated carbocycles. The van der Waals surface area contributed by atoms with Crippen LogP contribution in [0.4, 0.5) is 15.9 Å². The van der Waals surface area contributed by atoms with Gasteiger partial charge in [-0.15, -0.1) is 0 Å². The van der Waals surface area contributed by atoms with Crippen LogP contribution in [-0.4, -0.2) is 45.9 Å². The van der Waals surface area contributed by atoms with E-state index in [1.807, 2.05) is 0 Å². The summed E-state index contributed by atoms with van der Waals surface area (Å²) in [4.78, 5) is 48.0. The van der Waals surface area contributed by atoms with Crippen LogP contribution in [-0.2, 0) is 19.9 Å². The van der Waals surface area contributed by atoms with E-state index in [0.29, 0.717) is 11.3 Å². The average molecular weight is 544 g/mol. The molecule has 0 aliphatic carbocycles. The highest BCUT2D eigenvalue weighted by molar-refractivity contribution is 6.38. The number of carbonyl (C=O) groups excluding carboxylic acids is 3. The topological polar surface area (TPSA) is 82.6 Å². The second-order valence-electron chi connectivity index (χ2n) is 9.33. The third-order valence-corrected chi connectivity index (χ3v) is 8.16. The minimum atomic E-state index is -1.68. The van der Waals surface area contributed by atoms with Crippen LogP contribution in [0.2, 0.25) is 20.2 Å². The van der Waals surface area contributed by atoms with Gasteiger partial charge in [-0.1, -0.05) is 46.4 Å². The molecule has 4 aliphatic heterocycles. The van der Waals surface area contributed by atoms with E-state index in [2.05, 4.69) is 10.3 Å². The van der Waals surface area contributed by atoms with Crippen LogP contribution in [0, 0.1) is 11.8 Å². The number of halogens is 5. The fraction of sp³-hybridized carbons (Fsp3) is 0.364. The number of hydrogen-bond donors (Lipinski definition) is 1. The molecular formula is C22H15Cl4FN4O3. The lowest BCUT2D eigenvalue weighted by atomic mass is 9.74. The Morgan fingerprint density at radius 2 is 1.76 bits per heavy atom. The van der Waals surface area contributed by atoms with E-state index in [1.54, 1.807) is 11.0 Å². The van der Waals surface area contributed by atoms with E-state index < -0.39 is 46.8 Å². The van der Waals surface area contributed by atoms with Crippen LogP contribution in [0.25, 0.3) is 0 Å². The largest absolute Gasteiger partial charge is 0.323 e. The van der Waals surface area contributed by atoms with Gasteiger partial charge in [0.1, 0.15) is 22.2 Å². The number of nitrogens with one attached hydrogen (secondary N) is 1. The Bertz CT molecular complexity index is 1320. The molecule has 176 valence electrons. The number of rotatable bonds is 1. The second-order valence-corrected chi connectivity index (χ2v) is 11.0. The number of imide groups is 1. The summed E-state index contributed by atoms with van der Waals surface area (Å²) in [6.45, 7) is 1.29. The lowest BCUT2D eigenvalue weighted by Crippen LogP contribution is -2.55. The first-order valence-electron chi connectivity index (χ1n) is 10.4.